The van der Waals surface area contributed by atoms with Crippen molar-refractivity contribution in [3.63, 3.8) is 0 Å². The van der Waals surface area contributed by atoms with Crippen molar-refractivity contribution < 1.29 is 19.5 Å². The van der Waals surface area contributed by atoms with E-state index in [0.717, 1.165) is 12.8 Å². The molecular weight excluding hydrogens is 229 g/mol. The van der Waals surface area contributed by atoms with Crippen LogP contribution in [-0.4, -0.2) is 4.32 Å². The molecule has 1 fully saturated rings. The zero-order valence-electron chi connectivity index (χ0n) is 5.70. The molecule has 0 aliphatic heterocycles. The zero-order valence-corrected chi connectivity index (χ0v) is 10.3. The summed E-state index contributed by atoms with van der Waals surface area (Å²) in [6.45, 7) is 3.76. The van der Waals surface area contributed by atoms with Crippen LogP contribution in [0.15, 0.2) is 0 Å². The van der Waals surface area contributed by atoms with Crippen LogP contribution in [0.4, 0.5) is 0 Å². The number of alkyl halides is 1. The van der Waals surface area contributed by atoms with Crippen LogP contribution >= 0.6 is 15.9 Å². The molecule has 0 unspecified atom stereocenters. The number of hydrogen-bond donors (Lipinski definition) is 0. The number of rotatable bonds is 3. The van der Waals surface area contributed by atoms with Crippen LogP contribution in [0.2, 0.25) is 0 Å². The Morgan fingerprint density at radius 1 is 1.56 bits per heavy atom. The van der Waals surface area contributed by atoms with E-state index < -0.39 is 0 Å². The third-order valence-electron chi connectivity index (χ3n) is 1.44. The standard InChI is InChI=1S/C7H11Br.Zn/c1-2-3-4-7(8)5-6-7;/h4H,1-3,5-6H2;/q-2;+2. The molecule has 0 bridgehead atoms. The van der Waals surface area contributed by atoms with Crippen LogP contribution in [-0.2, 0) is 19.5 Å². The summed E-state index contributed by atoms with van der Waals surface area (Å²) in [5.74, 6) is 0. The molecule has 0 radical (unpaired) electrons. The fourth-order valence-electron chi connectivity index (χ4n) is 0.684. The molecule has 1 rings (SSSR count). The smallest absolute Gasteiger partial charge is 0.346 e. The molecular formula is C7H11BrZn. The van der Waals surface area contributed by atoms with E-state index in [0.29, 0.717) is 4.32 Å². The maximum atomic E-state index is 3.76. The first-order chi connectivity index (χ1) is 3.77. The van der Waals surface area contributed by atoms with E-state index in [1.807, 2.05) is 0 Å². The van der Waals surface area contributed by atoms with Crippen molar-refractivity contribution >= 4 is 15.9 Å². The van der Waals surface area contributed by atoms with E-state index in [1.165, 1.54) is 12.8 Å². The second kappa shape index (κ2) is 4.08. The first-order valence-electron chi connectivity index (χ1n) is 3.09. The van der Waals surface area contributed by atoms with Gasteiger partial charge in [-0.1, -0.05) is 17.2 Å². The molecule has 0 N–H and O–H groups in total. The van der Waals surface area contributed by atoms with Crippen molar-refractivity contribution in [3.05, 3.63) is 13.3 Å². The van der Waals surface area contributed by atoms with Gasteiger partial charge in [-0.25, -0.2) is 12.8 Å². The predicted molar refractivity (Wildman–Crippen MR) is 39.8 cm³/mol. The van der Waals surface area contributed by atoms with Gasteiger partial charge in [0.15, 0.2) is 0 Å². The minimum atomic E-state index is 0. The Morgan fingerprint density at radius 2 is 2.11 bits per heavy atom. The SMILES string of the molecule is [CH2-]CC[CH-]C1(Br)CC1.[Zn+2]. The fraction of sp³-hybridized carbons (Fsp3) is 0.714. The maximum Gasteiger partial charge on any atom is 2.00 e. The summed E-state index contributed by atoms with van der Waals surface area (Å²) in [5.41, 5.74) is 0. The minimum Gasteiger partial charge on any atom is -0.346 e. The van der Waals surface area contributed by atoms with Gasteiger partial charge in [0.25, 0.3) is 0 Å². The molecule has 1 aliphatic carbocycles. The minimum absolute atomic E-state index is 0. The maximum absolute atomic E-state index is 3.76. The average Bonchev–Trinajstić information content (AvgIpc) is 2.45. The molecule has 0 aromatic carbocycles. The molecule has 0 spiro atoms. The first kappa shape index (κ1) is 10.1. The van der Waals surface area contributed by atoms with Gasteiger partial charge in [-0.3, -0.25) is 0 Å². The van der Waals surface area contributed by atoms with Crippen LogP contribution in [0.3, 0.4) is 0 Å². The van der Waals surface area contributed by atoms with Gasteiger partial charge in [0.1, 0.15) is 0 Å². The van der Waals surface area contributed by atoms with Crippen molar-refractivity contribution in [2.45, 2.75) is 30.0 Å². The van der Waals surface area contributed by atoms with Crippen molar-refractivity contribution in [1.82, 2.24) is 0 Å². The Morgan fingerprint density at radius 3 is 2.44 bits per heavy atom. The summed E-state index contributed by atoms with van der Waals surface area (Å²) in [4.78, 5) is 0. The quantitative estimate of drug-likeness (QED) is 0.404. The summed E-state index contributed by atoms with van der Waals surface area (Å²) in [5, 5.41) is 0. The van der Waals surface area contributed by atoms with Crippen LogP contribution in [0.5, 0.6) is 0 Å². The van der Waals surface area contributed by atoms with Gasteiger partial charge in [0.2, 0.25) is 0 Å². The van der Waals surface area contributed by atoms with Gasteiger partial charge in [0, 0.05) is 0 Å². The summed E-state index contributed by atoms with van der Waals surface area (Å²) >= 11 is 3.61. The van der Waals surface area contributed by atoms with Crippen LogP contribution in [0, 0.1) is 13.3 Å². The summed E-state index contributed by atoms with van der Waals surface area (Å²) in [6, 6.07) is 0. The number of halogens is 1. The van der Waals surface area contributed by atoms with Gasteiger partial charge < -0.3 is 13.3 Å². The zero-order chi connectivity index (χ0) is 6.04. The van der Waals surface area contributed by atoms with Crippen molar-refractivity contribution in [3.8, 4) is 0 Å². The Hall–Kier alpha value is 1.10. The Bertz CT molecular complexity index is 79.0. The molecule has 0 aromatic rings. The summed E-state index contributed by atoms with van der Waals surface area (Å²) in [6.07, 6.45) is 7.18. The average molecular weight is 240 g/mol. The van der Waals surface area contributed by atoms with Crippen LogP contribution in [0.25, 0.3) is 0 Å². The molecule has 0 atom stereocenters. The van der Waals surface area contributed by atoms with Crippen LogP contribution in [0.1, 0.15) is 25.7 Å². The molecule has 0 nitrogen and oxygen atoms in total. The number of hydrogen-bond acceptors (Lipinski definition) is 0. The number of unbranched alkanes of at least 4 members (excludes halogenated alkanes) is 1. The van der Waals surface area contributed by atoms with E-state index in [-0.39, 0.29) is 19.5 Å². The Labute approximate surface area is 78.7 Å². The predicted octanol–water partition coefficient (Wildman–Crippen LogP) is 2.73. The fourth-order valence-corrected chi connectivity index (χ4v) is 1.11. The second-order valence-corrected chi connectivity index (χ2v) is 3.96. The van der Waals surface area contributed by atoms with E-state index in [2.05, 4.69) is 29.3 Å². The van der Waals surface area contributed by atoms with Gasteiger partial charge in [-0.15, -0.1) is 15.9 Å². The Kier molecular flexibility index (Phi) is 4.58. The van der Waals surface area contributed by atoms with Crippen molar-refractivity contribution in [1.29, 1.82) is 0 Å². The Balaban J connectivity index is 0.000000640. The molecule has 0 heterocycles. The largest absolute Gasteiger partial charge is 2.00 e. The van der Waals surface area contributed by atoms with E-state index in [9.17, 15) is 0 Å². The summed E-state index contributed by atoms with van der Waals surface area (Å²) < 4.78 is 0.449. The third-order valence-corrected chi connectivity index (χ3v) is 2.56. The first-order valence-corrected chi connectivity index (χ1v) is 3.89. The summed E-state index contributed by atoms with van der Waals surface area (Å²) in [7, 11) is 0. The van der Waals surface area contributed by atoms with Gasteiger partial charge in [-0.05, 0) is 0 Å². The van der Waals surface area contributed by atoms with E-state index >= 15 is 0 Å². The van der Waals surface area contributed by atoms with Gasteiger partial charge in [-0.2, -0.15) is 0 Å². The molecule has 9 heavy (non-hydrogen) atoms. The monoisotopic (exact) mass is 238 g/mol. The molecule has 0 saturated heterocycles. The topological polar surface area (TPSA) is 0 Å². The molecule has 1 aliphatic rings. The molecule has 0 aromatic heterocycles. The van der Waals surface area contributed by atoms with Crippen LogP contribution < -0.4 is 0 Å². The van der Waals surface area contributed by atoms with E-state index in [1.54, 1.807) is 0 Å². The molecule has 48 valence electrons. The third kappa shape index (κ3) is 3.73. The second-order valence-electron chi connectivity index (χ2n) is 2.38. The van der Waals surface area contributed by atoms with Gasteiger partial charge in [0.05, 0.1) is 0 Å². The molecule has 1 saturated carbocycles. The van der Waals surface area contributed by atoms with E-state index in [4.69, 9.17) is 0 Å². The molecule has 0 amide bonds. The van der Waals surface area contributed by atoms with Crippen molar-refractivity contribution in [2.75, 3.05) is 0 Å². The molecule has 2 heteroatoms. The van der Waals surface area contributed by atoms with Crippen molar-refractivity contribution in [2.24, 2.45) is 0 Å². The van der Waals surface area contributed by atoms with Gasteiger partial charge >= 0.3 is 19.5 Å². The normalized spacial score (nSPS) is 20.7.